The molecule has 98 valence electrons. The van der Waals surface area contributed by atoms with Crippen molar-refractivity contribution in [1.82, 2.24) is 0 Å². The maximum Gasteiger partial charge on any atom is 0.341 e. The summed E-state index contributed by atoms with van der Waals surface area (Å²) in [5.41, 5.74) is 7.82. The summed E-state index contributed by atoms with van der Waals surface area (Å²) in [6.45, 7) is 0. The van der Waals surface area contributed by atoms with Crippen LogP contribution in [0.1, 0.15) is 59.3 Å². The van der Waals surface area contributed by atoms with Crippen LogP contribution < -0.4 is 5.73 Å². The number of rotatable bonds is 2. The summed E-state index contributed by atoms with van der Waals surface area (Å²) in [5, 5.41) is 0.653. The third kappa shape index (κ3) is 2.14. The van der Waals surface area contributed by atoms with E-state index in [0.29, 0.717) is 10.6 Å². The van der Waals surface area contributed by atoms with Gasteiger partial charge in [0, 0.05) is 4.88 Å². The molecule has 0 unspecified atom stereocenters. The Bertz CT molecular complexity index is 461. The molecule has 1 fully saturated rings. The van der Waals surface area contributed by atoms with Crippen molar-refractivity contribution >= 4 is 22.3 Å². The lowest BCUT2D eigenvalue weighted by molar-refractivity contribution is 0.0212. The second-order valence-corrected chi connectivity index (χ2v) is 6.40. The summed E-state index contributed by atoms with van der Waals surface area (Å²) in [6, 6.07) is 0. The highest BCUT2D eigenvalue weighted by Crippen LogP contribution is 2.38. The molecule has 0 saturated heterocycles. The van der Waals surface area contributed by atoms with Gasteiger partial charge in [-0.25, -0.2) is 4.79 Å². The van der Waals surface area contributed by atoms with Gasteiger partial charge < -0.3 is 10.5 Å². The maximum absolute atomic E-state index is 12.3. The molecule has 2 aliphatic carbocycles. The average Bonchev–Trinajstić information content (AvgIpc) is 2.89. The lowest BCUT2D eigenvalue weighted by Gasteiger charge is -2.22. The van der Waals surface area contributed by atoms with Crippen molar-refractivity contribution in [1.29, 1.82) is 0 Å². The van der Waals surface area contributed by atoms with Crippen LogP contribution in [-0.4, -0.2) is 12.1 Å². The summed E-state index contributed by atoms with van der Waals surface area (Å²) < 4.78 is 5.63. The first-order valence-corrected chi connectivity index (χ1v) is 7.68. The predicted molar refractivity (Wildman–Crippen MR) is 73.0 cm³/mol. The van der Waals surface area contributed by atoms with Crippen molar-refractivity contribution in [2.75, 3.05) is 5.73 Å². The Morgan fingerprint density at radius 3 is 2.72 bits per heavy atom. The average molecular weight is 265 g/mol. The molecule has 1 saturated carbocycles. The highest BCUT2D eigenvalue weighted by molar-refractivity contribution is 7.16. The van der Waals surface area contributed by atoms with Crippen LogP contribution in [0.3, 0.4) is 0 Å². The minimum atomic E-state index is -0.182. The van der Waals surface area contributed by atoms with E-state index in [1.54, 1.807) is 11.3 Å². The van der Waals surface area contributed by atoms with Crippen LogP contribution in [-0.2, 0) is 17.6 Å². The molecular weight excluding hydrogens is 246 g/mol. The molecule has 0 bridgehead atoms. The van der Waals surface area contributed by atoms with Crippen molar-refractivity contribution in [3.05, 3.63) is 16.0 Å². The highest BCUT2D eigenvalue weighted by atomic mass is 32.1. The fourth-order valence-electron chi connectivity index (χ4n) is 3.04. The molecule has 2 aliphatic rings. The van der Waals surface area contributed by atoms with Gasteiger partial charge in [-0.3, -0.25) is 0 Å². The molecule has 18 heavy (non-hydrogen) atoms. The molecule has 0 aromatic carbocycles. The Morgan fingerprint density at radius 2 is 1.94 bits per heavy atom. The van der Waals surface area contributed by atoms with Crippen molar-refractivity contribution in [3.8, 4) is 0 Å². The van der Waals surface area contributed by atoms with E-state index in [1.165, 1.54) is 29.7 Å². The summed E-state index contributed by atoms with van der Waals surface area (Å²) in [4.78, 5) is 13.6. The van der Waals surface area contributed by atoms with Crippen LogP contribution in [0.4, 0.5) is 5.00 Å². The lowest BCUT2D eigenvalue weighted by Crippen LogP contribution is -2.21. The van der Waals surface area contributed by atoms with Crippen molar-refractivity contribution < 1.29 is 9.53 Å². The third-order valence-electron chi connectivity index (χ3n) is 3.98. The van der Waals surface area contributed by atoms with Gasteiger partial charge in [0.05, 0.1) is 5.56 Å². The van der Waals surface area contributed by atoms with E-state index in [-0.39, 0.29) is 12.1 Å². The van der Waals surface area contributed by atoms with Crippen LogP contribution >= 0.6 is 11.3 Å². The van der Waals surface area contributed by atoms with E-state index in [9.17, 15) is 4.79 Å². The third-order valence-corrected chi connectivity index (χ3v) is 5.10. The van der Waals surface area contributed by atoms with Gasteiger partial charge in [-0.05, 0) is 50.5 Å². The molecule has 1 aromatic rings. The van der Waals surface area contributed by atoms with Crippen LogP contribution in [0.2, 0.25) is 0 Å². The Kier molecular flexibility index (Phi) is 3.29. The van der Waals surface area contributed by atoms with Gasteiger partial charge in [-0.2, -0.15) is 0 Å². The van der Waals surface area contributed by atoms with Crippen LogP contribution in [0.5, 0.6) is 0 Å². The molecule has 0 aliphatic heterocycles. The minimum absolute atomic E-state index is 0.114. The molecule has 0 amide bonds. The number of nitrogen functional groups attached to an aromatic ring is 1. The number of ether oxygens (including phenoxy) is 1. The van der Waals surface area contributed by atoms with E-state index >= 15 is 0 Å². The largest absolute Gasteiger partial charge is 0.459 e. The van der Waals surface area contributed by atoms with Crippen LogP contribution in [0.25, 0.3) is 0 Å². The molecule has 0 atom stereocenters. The SMILES string of the molecule is Nc1sc2c(c1C(=O)OC1CCCCC1)CCC2. The van der Waals surface area contributed by atoms with Crippen LogP contribution in [0, 0.1) is 0 Å². The number of hydrogen-bond acceptors (Lipinski definition) is 4. The zero-order valence-corrected chi connectivity index (χ0v) is 11.4. The summed E-state index contributed by atoms with van der Waals surface area (Å²) >= 11 is 1.57. The fraction of sp³-hybridized carbons (Fsp3) is 0.643. The first-order valence-electron chi connectivity index (χ1n) is 6.86. The first kappa shape index (κ1) is 12.0. The quantitative estimate of drug-likeness (QED) is 0.835. The number of nitrogens with two attached hydrogens (primary N) is 1. The summed E-state index contributed by atoms with van der Waals surface area (Å²) in [5.74, 6) is -0.182. The van der Waals surface area contributed by atoms with Gasteiger partial charge in [-0.15, -0.1) is 11.3 Å². The number of esters is 1. The minimum Gasteiger partial charge on any atom is -0.459 e. The predicted octanol–water partition coefficient (Wildman–Crippen LogP) is 3.31. The second kappa shape index (κ2) is 4.92. The normalized spacial score (nSPS) is 19.8. The molecule has 1 heterocycles. The number of aryl methyl sites for hydroxylation is 1. The van der Waals surface area contributed by atoms with E-state index < -0.39 is 0 Å². The Balaban J connectivity index is 1.75. The molecular formula is C14H19NO2S. The van der Waals surface area contributed by atoms with E-state index in [0.717, 1.165) is 32.1 Å². The Hall–Kier alpha value is -1.03. The van der Waals surface area contributed by atoms with Gasteiger partial charge in [0.1, 0.15) is 11.1 Å². The number of carbonyl (C=O) groups is 1. The topological polar surface area (TPSA) is 52.3 Å². The number of carbonyl (C=O) groups excluding carboxylic acids is 1. The maximum atomic E-state index is 12.3. The number of thiophene rings is 1. The number of hydrogen-bond donors (Lipinski definition) is 1. The number of fused-ring (bicyclic) bond motifs is 1. The fourth-order valence-corrected chi connectivity index (χ4v) is 4.19. The van der Waals surface area contributed by atoms with Crippen molar-refractivity contribution in [2.45, 2.75) is 57.5 Å². The van der Waals surface area contributed by atoms with Gasteiger partial charge in [0.15, 0.2) is 0 Å². The monoisotopic (exact) mass is 265 g/mol. The Morgan fingerprint density at radius 1 is 1.17 bits per heavy atom. The van der Waals surface area contributed by atoms with Gasteiger partial charge >= 0.3 is 5.97 Å². The van der Waals surface area contributed by atoms with Gasteiger partial charge in [-0.1, -0.05) is 6.42 Å². The zero-order valence-electron chi connectivity index (χ0n) is 10.5. The van der Waals surface area contributed by atoms with E-state index in [2.05, 4.69) is 0 Å². The molecule has 0 radical (unpaired) electrons. The standard InChI is InChI=1S/C14H19NO2S/c15-13-12(10-7-4-8-11(10)18-13)14(16)17-9-5-2-1-3-6-9/h9H,1-8,15H2. The lowest BCUT2D eigenvalue weighted by atomic mass is 9.98. The van der Waals surface area contributed by atoms with E-state index in [1.807, 2.05) is 0 Å². The molecule has 0 spiro atoms. The highest BCUT2D eigenvalue weighted by Gasteiger charge is 2.28. The van der Waals surface area contributed by atoms with Crippen LogP contribution in [0.15, 0.2) is 0 Å². The second-order valence-electron chi connectivity index (χ2n) is 5.26. The van der Waals surface area contributed by atoms with Gasteiger partial charge in [0.25, 0.3) is 0 Å². The first-order chi connectivity index (χ1) is 8.75. The van der Waals surface area contributed by atoms with Crippen molar-refractivity contribution in [2.24, 2.45) is 0 Å². The molecule has 3 nitrogen and oxygen atoms in total. The summed E-state index contributed by atoms with van der Waals surface area (Å²) in [7, 11) is 0. The zero-order chi connectivity index (χ0) is 12.5. The van der Waals surface area contributed by atoms with E-state index in [4.69, 9.17) is 10.5 Å². The van der Waals surface area contributed by atoms with Crippen molar-refractivity contribution in [3.63, 3.8) is 0 Å². The summed E-state index contributed by atoms with van der Waals surface area (Å²) in [6.07, 6.45) is 8.96. The molecule has 1 aromatic heterocycles. The smallest absolute Gasteiger partial charge is 0.341 e. The molecule has 3 rings (SSSR count). The Labute approximate surface area is 111 Å². The van der Waals surface area contributed by atoms with Gasteiger partial charge in [0.2, 0.25) is 0 Å². The number of anilines is 1. The molecule has 4 heteroatoms. The molecule has 2 N–H and O–H groups in total.